The summed E-state index contributed by atoms with van der Waals surface area (Å²) in [5.41, 5.74) is 1.13. The van der Waals surface area contributed by atoms with E-state index in [0.29, 0.717) is 0 Å². The van der Waals surface area contributed by atoms with E-state index in [1.165, 1.54) is 0 Å². The van der Waals surface area contributed by atoms with Gasteiger partial charge in [-0.15, -0.1) is 0 Å². The van der Waals surface area contributed by atoms with Gasteiger partial charge in [-0.3, -0.25) is 4.68 Å². The molecule has 12 heavy (non-hydrogen) atoms. The lowest BCUT2D eigenvalue weighted by molar-refractivity contribution is 0.176. The molecule has 1 unspecified atom stereocenters. The summed E-state index contributed by atoms with van der Waals surface area (Å²) in [6.45, 7) is 4.53. The van der Waals surface area contributed by atoms with E-state index in [0.717, 1.165) is 23.1 Å². The monoisotopic (exact) mass is 232 g/mol. The Kier molecular flexibility index (Phi) is 3.29. The van der Waals surface area contributed by atoms with Crippen molar-refractivity contribution in [3.05, 3.63) is 16.4 Å². The summed E-state index contributed by atoms with van der Waals surface area (Å²) in [4.78, 5) is 0. The molecule has 1 aromatic rings. The topological polar surface area (TPSA) is 38.0 Å². The standard InChI is InChI=1S/C8H13BrN2O/c1-6-5-10-11(8(6)9)4-3-7(2)12/h5,7,12H,3-4H2,1-2H3. The third-order valence-electron chi connectivity index (χ3n) is 1.70. The molecule has 4 heteroatoms. The van der Waals surface area contributed by atoms with E-state index >= 15 is 0 Å². The molecule has 0 amide bonds. The highest BCUT2D eigenvalue weighted by Gasteiger charge is 2.04. The van der Waals surface area contributed by atoms with Gasteiger partial charge >= 0.3 is 0 Å². The Morgan fingerprint density at radius 1 is 1.75 bits per heavy atom. The maximum Gasteiger partial charge on any atom is 0.106 e. The molecule has 1 rings (SSSR count). The average Bonchev–Trinajstić information content (AvgIpc) is 2.30. The van der Waals surface area contributed by atoms with Crippen LogP contribution in [0.5, 0.6) is 0 Å². The summed E-state index contributed by atoms with van der Waals surface area (Å²) in [5.74, 6) is 0. The molecule has 1 aromatic heterocycles. The van der Waals surface area contributed by atoms with Gasteiger partial charge in [0.05, 0.1) is 12.3 Å². The predicted octanol–water partition coefficient (Wildman–Crippen LogP) is 1.72. The van der Waals surface area contributed by atoms with Crippen molar-refractivity contribution in [3.8, 4) is 0 Å². The van der Waals surface area contributed by atoms with Crippen molar-refractivity contribution in [2.24, 2.45) is 0 Å². The van der Waals surface area contributed by atoms with Crippen molar-refractivity contribution in [2.75, 3.05) is 0 Å². The number of nitrogens with zero attached hydrogens (tertiary/aromatic N) is 2. The van der Waals surface area contributed by atoms with Gasteiger partial charge < -0.3 is 5.11 Å². The van der Waals surface area contributed by atoms with Gasteiger partial charge in [-0.05, 0) is 36.2 Å². The van der Waals surface area contributed by atoms with Crippen LogP contribution in [0.4, 0.5) is 0 Å². The van der Waals surface area contributed by atoms with Gasteiger partial charge in [0, 0.05) is 12.1 Å². The summed E-state index contributed by atoms with van der Waals surface area (Å²) in [5, 5.41) is 13.2. The number of hydrogen-bond acceptors (Lipinski definition) is 2. The number of hydrogen-bond donors (Lipinski definition) is 1. The quantitative estimate of drug-likeness (QED) is 0.863. The number of halogens is 1. The van der Waals surface area contributed by atoms with Crippen molar-refractivity contribution in [3.63, 3.8) is 0 Å². The zero-order valence-corrected chi connectivity index (χ0v) is 8.87. The lowest BCUT2D eigenvalue weighted by atomic mass is 10.3. The molecule has 0 bridgehead atoms. The van der Waals surface area contributed by atoms with Crippen LogP contribution in [0, 0.1) is 6.92 Å². The van der Waals surface area contributed by atoms with Crippen molar-refractivity contribution in [1.82, 2.24) is 9.78 Å². The average molecular weight is 233 g/mol. The van der Waals surface area contributed by atoms with Crippen molar-refractivity contribution in [1.29, 1.82) is 0 Å². The lowest BCUT2D eigenvalue weighted by Crippen LogP contribution is -2.08. The van der Waals surface area contributed by atoms with E-state index < -0.39 is 0 Å². The molecule has 0 aliphatic heterocycles. The normalized spacial score (nSPS) is 13.3. The Bertz CT molecular complexity index is 258. The molecular formula is C8H13BrN2O. The van der Waals surface area contributed by atoms with Crippen LogP contribution in [0.3, 0.4) is 0 Å². The maximum absolute atomic E-state index is 9.05. The Morgan fingerprint density at radius 3 is 2.83 bits per heavy atom. The number of rotatable bonds is 3. The van der Waals surface area contributed by atoms with Gasteiger partial charge in [0.15, 0.2) is 0 Å². The minimum Gasteiger partial charge on any atom is -0.393 e. The van der Waals surface area contributed by atoms with Crippen molar-refractivity contribution < 1.29 is 5.11 Å². The third-order valence-corrected chi connectivity index (χ3v) is 2.74. The van der Waals surface area contributed by atoms with Crippen LogP contribution in [0.25, 0.3) is 0 Å². The highest BCUT2D eigenvalue weighted by molar-refractivity contribution is 9.10. The Balaban J connectivity index is 2.58. The molecular weight excluding hydrogens is 220 g/mol. The van der Waals surface area contributed by atoms with Crippen LogP contribution in [0.2, 0.25) is 0 Å². The predicted molar refractivity (Wildman–Crippen MR) is 51.0 cm³/mol. The first-order valence-corrected chi connectivity index (χ1v) is 4.76. The molecule has 3 nitrogen and oxygen atoms in total. The fraction of sp³-hybridized carbons (Fsp3) is 0.625. The molecule has 68 valence electrons. The summed E-state index contributed by atoms with van der Waals surface area (Å²) < 4.78 is 2.85. The molecule has 0 aliphatic carbocycles. The lowest BCUT2D eigenvalue weighted by Gasteiger charge is -2.05. The van der Waals surface area contributed by atoms with Gasteiger partial charge in [0.1, 0.15) is 4.60 Å². The van der Waals surface area contributed by atoms with Gasteiger partial charge in [0.25, 0.3) is 0 Å². The highest BCUT2D eigenvalue weighted by Crippen LogP contribution is 2.15. The fourth-order valence-electron chi connectivity index (χ4n) is 0.929. The number of aryl methyl sites for hydroxylation is 2. The Morgan fingerprint density at radius 2 is 2.42 bits per heavy atom. The first-order chi connectivity index (χ1) is 5.61. The molecule has 0 radical (unpaired) electrons. The van der Waals surface area contributed by atoms with E-state index in [4.69, 9.17) is 5.11 Å². The van der Waals surface area contributed by atoms with Crippen LogP contribution in [0.15, 0.2) is 10.8 Å². The second-order valence-electron chi connectivity index (χ2n) is 2.98. The molecule has 1 N–H and O–H groups in total. The molecule has 0 fully saturated rings. The van der Waals surface area contributed by atoms with Crippen LogP contribution in [-0.2, 0) is 6.54 Å². The highest BCUT2D eigenvalue weighted by atomic mass is 79.9. The summed E-state index contributed by atoms with van der Waals surface area (Å²) >= 11 is 3.42. The molecule has 0 saturated carbocycles. The van der Waals surface area contributed by atoms with Gasteiger partial charge in [-0.1, -0.05) is 0 Å². The zero-order valence-electron chi connectivity index (χ0n) is 7.29. The van der Waals surface area contributed by atoms with Gasteiger partial charge in [-0.25, -0.2) is 0 Å². The molecule has 0 aliphatic rings. The largest absolute Gasteiger partial charge is 0.393 e. The SMILES string of the molecule is Cc1cnn(CCC(C)O)c1Br. The molecule has 0 spiro atoms. The molecule has 1 atom stereocenters. The smallest absolute Gasteiger partial charge is 0.106 e. The van der Waals surface area contributed by atoms with Crippen LogP contribution in [0.1, 0.15) is 18.9 Å². The van der Waals surface area contributed by atoms with E-state index in [1.807, 2.05) is 17.8 Å². The molecule has 0 aromatic carbocycles. The van der Waals surface area contributed by atoms with E-state index in [1.54, 1.807) is 6.92 Å². The minimum absolute atomic E-state index is 0.263. The summed E-state index contributed by atoms with van der Waals surface area (Å²) in [7, 11) is 0. The summed E-state index contributed by atoms with van der Waals surface area (Å²) in [6.07, 6.45) is 2.28. The zero-order chi connectivity index (χ0) is 9.14. The van der Waals surface area contributed by atoms with Gasteiger partial charge in [-0.2, -0.15) is 5.10 Å². The minimum atomic E-state index is -0.263. The Hall–Kier alpha value is -0.350. The number of aliphatic hydroxyl groups excluding tert-OH is 1. The Labute approximate surface area is 80.5 Å². The van der Waals surface area contributed by atoms with Crippen LogP contribution in [-0.4, -0.2) is 21.0 Å². The van der Waals surface area contributed by atoms with Crippen molar-refractivity contribution >= 4 is 15.9 Å². The number of aliphatic hydroxyl groups is 1. The third kappa shape index (κ3) is 2.32. The number of aromatic nitrogens is 2. The fourth-order valence-corrected chi connectivity index (χ4v) is 1.30. The maximum atomic E-state index is 9.05. The summed E-state index contributed by atoms with van der Waals surface area (Å²) in [6, 6.07) is 0. The molecule has 0 saturated heterocycles. The second kappa shape index (κ2) is 4.05. The van der Waals surface area contributed by atoms with Crippen molar-refractivity contribution in [2.45, 2.75) is 32.9 Å². The van der Waals surface area contributed by atoms with Gasteiger partial charge in [0.2, 0.25) is 0 Å². The van der Waals surface area contributed by atoms with E-state index in [9.17, 15) is 0 Å². The van der Waals surface area contributed by atoms with E-state index in [-0.39, 0.29) is 6.10 Å². The first kappa shape index (κ1) is 9.74. The van der Waals surface area contributed by atoms with Crippen LogP contribution < -0.4 is 0 Å². The second-order valence-corrected chi connectivity index (χ2v) is 3.73. The van der Waals surface area contributed by atoms with Crippen LogP contribution >= 0.6 is 15.9 Å². The molecule has 1 heterocycles. The van der Waals surface area contributed by atoms with E-state index in [2.05, 4.69) is 21.0 Å². The first-order valence-electron chi connectivity index (χ1n) is 3.97.